The lowest BCUT2D eigenvalue weighted by Gasteiger charge is -2.16. The highest BCUT2D eigenvalue weighted by Crippen LogP contribution is 2.24. The molecule has 0 spiro atoms. The van der Waals surface area contributed by atoms with Crippen molar-refractivity contribution in [1.29, 1.82) is 0 Å². The molecule has 0 aliphatic heterocycles. The number of carbonyl (C=O) groups excluding carboxylic acids is 1. The second-order valence-electron chi connectivity index (χ2n) is 8.27. The number of benzene rings is 3. The molecule has 172 valence electrons. The van der Waals surface area contributed by atoms with Crippen molar-refractivity contribution in [3.05, 3.63) is 102 Å². The third kappa shape index (κ3) is 5.98. The molecule has 0 aliphatic carbocycles. The van der Waals surface area contributed by atoms with Gasteiger partial charge in [-0.1, -0.05) is 55.0 Å². The van der Waals surface area contributed by atoms with Gasteiger partial charge in [0.2, 0.25) is 11.9 Å². The summed E-state index contributed by atoms with van der Waals surface area (Å²) in [6, 6.07) is 27.5. The van der Waals surface area contributed by atoms with Gasteiger partial charge in [0.25, 0.3) is 0 Å². The first kappa shape index (κ1) is 23.0. The smallest absolute Gasteiger partial charge is 0.231 e. The highest BCUT2D eigenvalue weighted by atomic mass is 16.1. The number of hydrogen-bond donors (Lipinski definition) is 3. The summed E-state index contributed by atoms with van der Waals surface area (Å²) >= 11 is 0. The zero-order valence-corrected chi connectivity index (χ0v) is 19.7. The van der Waals surface area contributed by atoms with Crippen LogP contribution >= 0.6 is 0 Å². The van der Waals surface area contributed by atoms with Crippen LogP contribution in [0, 0.1) is 13.8 Å². The van der Waals surface area contributed by atoms with Crippen LogP contribution < -0.4 is 16.0 Å². The average Bonchev–Trinajstić information content (AvgIpc) is 2.83. The second kappa shape index (κ2) is 10.6. The van der Waals surface area contributed by atoms with Gasteiger partial charge in [-0.25, -0.2) is 4.98 Å². The normalized spacial score (nSPS) is 11.5. The molecule has 0 radical (unpaired) electrons. The van der Waals surface area contributed by atoms with Crippen LogP contribution in [0.25, 0.3) is 0 Å². The molecule has 34 heavy (non-hydrogen) atoms. The number of carbonyl (C=O) groups is 1. The number of nitrogens with one attached hydrogen (secondary N) is 3. The van der Waals surface area contributed by atoms with Gasteiger partial charge >= 0.3 is 0 Å². The zero-order valence-electron chi connectivity index (χ0n) is 19.7. The Kier molecular flexibility index (Phi) is 7.18. The van der Waals surface area contributed by atoms with Crippen molar-refractivity contribution in [3.8, 4) is 0 Å². The maximum atomic E-state index is 12.8. The Morgan fingerprint density at radius 3 is 2.09 bits per heavy atom. The molecule has 0 saturated carbocycles. The maximum absolute atomic E-state index is 12.8. The fourth-order valence-electron chi connectivity index (χ4n) is 3.73. The van der Waals surface area contributed by atoms with Gasteiger partial charge in [0.05, 0.1) is 5.92 Å². The summed E-state index contributed by atoms with van der Waals surface area (Å²) in [5.74, 6) is 1.03. The zero-order chi connectivity index (χ0) is 23.9. The first-order chi connectivity index (χ1) is 16.5. The van der Waals surface area contributed by atoms with Gasteiger partial charge in [-0.2, -0.15) is 4.98 Å². The predicted octanol–water partition coefficient (Wildman–Crippen LogP) is 6.71. The van der Waals surface area contributed by atoms with Crippen LogP contribution in [0.4, 0.5) is 28.8 Å². The fraction of sp³-hybridized carbons (Fsp3) is 0.179. The van der Waals surface area contributed by atoms with Crippen LogP contribution in [0.3, 0.4) is 0 Å². The fourth-order valence-corrected chi connectivity index (χ4v) is 3.73. The summed E-state index contributed by atoms with van der Waals surface area (Å²) in [5.41, 5.74) is 5.62. The molecule has 1 amide bonds. The molecule has 3 aromatic carbocycles. The highest BCUT2D eigenvalue weighted by Gasteiger charge is 2.18. The lowest BCUT2D eigenvalue weighted by Crippen LogP contribution is -2.20. The Morgan fingerprint density at radius 1 is 0.794 bits per heavy atom. The minimum Gasteiger partial charge on any atom is -0.340 e. The van der Waals surface area contributed by atoms with E-state index in [0.29, 0.717) is 11.8 Å². The third-order valence-electron chi connectivity index (χ3n) is 5.51. The number of hydrogen-bond acceptors (Lipinski definition) is 5. The molecule has 4 rings (SSSR count). The van der Waals surface area contributed by atoms with Crippen LogP contribution in [0.5, 0.6) is 0 Å². The van der Waals surface area contributed by atoms with Crippen molar-refractivity contribution in [2.24, 2.45) is 0 Å². The summed E-state index contributed by atoms with van der Waals surface area (Å²) < 4.78 is 0. The van der Waals surface area contributed by atoms with Crippen molar-refractivity contribution in [1.82, 2.24) is 9.97 Å². The van der Waals surface area contributed by atoms with Crippen molar-refractivity contribution in [2.45, 2.75) is 33.1 Å². The molecular formula is C28H29N5O. The first-order valence-electron chi connectivity index (χ1n) is 11.4. The summed E-state index contributed by atoms with van der Waals surface area (Å²) in [5, 5.41) is 9.59. The molecule has 1 heterocycles. The van der Waals surface area contributed by atoms with E-state index in [1.807, 2.05) is 86.6 Å². The Balaban J connectivity index is 1.42. The van der Waals surface area contributed by atoms with Crippen molar-refractivity contribution in [3.63, 3.8) is 0 Å². The van der Waals surface area contributed by atoms with Crippen LogP contribution in [-0.4, -0.2) is 15.9 Å². The van der Waals surface area contributed by atoms with Crippen LogP contribution in [0.2, 0.25) is 0 Å². The molecule has 1 aromatic heterocycles. The summed E-state index contributed by atoms with van der Waals surface area (Å²) in [6.07, 6.45) is 0.735. The molecule has 6 heteroatoms. The molecule has 4 aromatic rings. The van der Waals surface area contributed by atoms with Gasteiger partial charge in [-0.3, -0.25) is 4.79 Å². The number of aromatic nitrogens is 2. The van der Waals surface area contributed by atoms with Crippen molar-refractivity contribution >= 4 is 34.7 Å². The lowest BCUT2D eigenvalue weighted by atomic mass is 9.95. The second-order valence-corrected chi connectivity index (χ2v) is 8.27. The quantitative estimate of drug-likeness (QED) is 0.277. The van der Waals surface area contributed by atoms with Gasteiger partial charge in [-0.05, 0) is 62.2 Å². The van der Waals surface area contributed by atoms with E-state index in [4.69, 9.17) is 0 Å². The molecule has 0 bridgehead atoms. The van der Waals surface area contributed by atoms with E-state index in [2.05, 4.69) is 45.0 Å². The topological polar surface area (TPSA) is 78.9 Å². The average molecular weight is 452 g/mol. The van der Waals surface area contributed by atoms with Crippen molar-refractivity contribution in [2.75, 3.05) is 16.0 Å². The number of aryl methyl sites for hydroxylation is 2. The van der Waals surface area contributed by atoms with E-state index in [1.165, 1.54) is 5.56 Å². The van der Waals surface area contributed by atoms with Gasteiger partial charge in [0, 0.05) is 28.8 Å². The lowest BCUT2D eigenvalue weighted by molar-refractivity contribution is -0.117. The van der Waals surface area contributed by atoms with E-state index in [0.717, 1.165) is 34.7 Å². The van der Waals surface area contributed by atoms with E-state index < -0.39 is 0 Å². The Hall–Kier alpha value is -4.19. The Bertz CT molecular complexity index is 1240. The molecule has 6 nitrogen and oxygen atoms in total. The number of anilines is 5. The first-order valence-corrected chi connectivity index (χ1v) is 11.4. The SMILES string of the molecule is CC[C@H](C(=O)Nc1ccc(Nc2nc(C)cc(Nc3ccc(C)cc3)n2)cc1)c1ccccc1. The molecule has 0 saturated heterocycles. The molecule has 0 unspecified atom stereocenters. The Morgan fingerprint density at radius 2 is 1.41 bits per heavy atom. The number of nitrogens with zero attached hydrogens (tertiary/aromatic N) is 2. The van der Waals surface area contributed by atoms with E-state index >= 15 is 0 Å². The van der Waals surface area contributed by atoms with E-state index in [9.17, 15) is 4.79 Å². The van der Waals surface area contributed by atoms with Gasteiger partial charge in [-0.15, -0.1) is 0 Å². The molecule has 3 N–H and O–H groups in total. The number of rotatable bonds is 8. The van der Waals surface area contributed by atoms with Gasteiger partial charge in [0.15, 0.2) is 0 Å². The monoisotopic (exact) mass is 451 g/mol. The van der Waals surface area contributed by atoms with Gasteiger partial charge in [0.1, 0.15) is 5.82 Å². The van der Waals surface area contributed by atoms with Crippen LogP contribution in [0.1, 0.15) is 36.1 Å². The standard InChI is InChI=1S/C28H29N5O/c1-4-25(21-8-6-5-7-9-21)27(34)31-23-14-16-24(17-15-23)32-28-29-20(3)18-26(33-28)30-22-12-10-19(2)11-13-22/h5-18,25H,4H2,1-3H3,(H,31,34)(H2,29,30,32,33)/t25-/m0/s1. The minimum atomic E-state index is -0.181. The summed E-state index contributed by atoms with van der Waals surface area (Å²) in [6.45, 7) is 6.01. The van der Waals surface area contributed by atoms with Crippen molar-refractivity contribution < 1.29 is 4.79 Å². The minimum absolute atomic E-state index is 0.0109. The van der Waals surface area contributed by atoms with E-state index in [-0.39, 0.29) is 11.8 Å². The maximum Gasteiger partial charge on any atom is 0.231 e. The van der Waals surface area contributed by atoms with Crippen LogP contribution in [-0.2, 0) is 4.79 Å². The van der Waals surface area contributed by atoms with Crippen LogP contribution in [0.15, 0.2) is 84.9 Å². The molecule has 0 fully saturated rings. The summed E-state index contributed by atoms with van der Waals surface area (Å²) in [7, 11) is 0. The summed E-state index contributed by atoms with van der Waals surface area (Å²) in [4.78, 5) is 21.9. The van der Waals surface area contributed by atoms with E-state index in [1.54, 1.807) is 0 Å². The largest absolute Gasteiger partial charge is 0.340 e. The van der Waals surface area contributed by atoms with Gasteiger partial charge < -0.3 is 16.0 Å². The predicted molar refractivity (Wildman–Crippen MR) is 139 cm³/mol. The Labute approximate surface area is 200 Å². The number of amides is 1. The molecule has 0 aliphatic rings. The molecular weight excluding hydrogens is 422 g/mol. The molecule has 1 atom stereocenters. The highest BCUT2D eigenvalue weighted by molar-refractivity contribution is 5.96. The third-order valence-corrected chi connectivity index (χ3v) is 5.51.